The van der Waals surface area contributed by atoms with Crippen LogP contribution in [0, 0.1) is 23.7 Å². The number of carbonyl (C=O) groups excluding carboxylic acids is 1. The zero-order valence-electron chi connectivity index (χ0n) is 12.8. The lowest BCUT2D eigenvalue weighted by Crippen LogP contribution is -2.55. The Balaban J connectivity index is 1.66. The molecule has 4 heteroatoms. The van der Waals surface area contributed by atoms with Gasteiger partial charge in [0.15, 0.2) is 0 Å². The normalized spacial score (nSPS) is 29.9. The zero-order valence-corrected chi connectivity index (χ0v) is 12.8. The number of pyridine rings is 1. The molecule has 2 aromatic rings. The lowest BCUT2D eigenvalue weighted by molar-refractivity contribution is -0.138. The predicted molar refractivity (Wildman–Crippen MR) is 86.9 cm³/mol. The molecule has 5 rings (SSSR count). The van der Waals surface area contributed by atoms with Gasteiger partial charge in [0.25, 0.3) is 0 Å². The number of carbonyl (C=O) groups is 1. The van der Waals surface area contributed by atoms with Crippen LogP contribution in [0.1, 0.15) is 26.2 Å². The SMILES string of the molecule is CC1CCC2CC1C2C(=O)N(N)c1cccc2ncccc12. The summed E-state index contributed by atoms with van der Waals surface area (Å²) in [7, 11) is 0. The maximum Gasteiger partial charge on any atom is 0.244 e. The Labute approximate surface area is 130 Å². The molecular formula is C18H21N3O. The summed E-state index contributed by atoms with van der Waals surface area (Å²) in [5, 5.41) is 2.30. The molecule has 4 nitrogen and oxygen atoms in total. The van der Waals surface area contributed by atoms with Gasteiger partial charge in [-0.15, -0.1) is 0 Å². The van der Waals surface area contributed by atoms with Crippen LogP contribution in [0.5, 0.6) is 0 Å². The summed E-state index contributed by atoms with van der Waals surface area (Å²) in [6, 6.07) is 9.60. The van der Waals surface area contributed by atoms with Crippen LogP contribution in [0.25, 0.3) is 10.9 Å². The van der Waals surface area contributed by atoms with Crippen molar-refractivity contribution in [3.8, 4) is 0 Å². The molecule has 2 bridgehead atoms. The third-order valence-electron chi connectivity index (χ3n) is 5.67. The largest absolute Gasteiger partial charge is 0.273 e. The van der Waals surface area contributed by atoms with Gasteiger partial charge in [0.05, 0.1) is 11.2 Å². The van der Waals surface area contributed by atoms with Crippen LogP contribution in [-0.4, -0.2) is 10.9 Å². The van der Waals surface area contributed by atoms with Gasteiger partial charge in [-0.3, -0.25) is 9.78 Å². The second-order valence-electron chi connectivity index (χ2n) is 6.80. The second kappa shape index (κ2) is 5.06. The van der Waals surface area contributed by atoms with Gasteiger partial charge in [0.1, 0.15) is 0 Å². The number of anilines is 1. The van der Waals surface area contributed by atoms with Crippen molar-refractivity contribution >= 4 is 22.5 Å². The minimum Gasteiger partial charge on any atom is -0.273 e. The molecule has 1 aromatic carbocycles. The number of aromatic nitrogens is 1. The van der Waals surface area contributed by atoms with Crippen LogP contribution >= 0.6 is 0 Å². The molecule has 4 unspecified atom stereocenters. The molecule has 22 heavy (non-hydrogen) atoms. The van der Waals surface area contributed by atoms with Crippen LogP contribution in [-0.2, 0) is 4.79 Å². The third-order valence-corrected chi connectivity index (χ3v) is 5.67. The van der Waals surface area contributed by atoms with E-state index in [0.29, 0.717) is 17.8 Å². The van der Waals surface area contributed by atoms with E-state index in [1.165, 1.54) is 24.3 Å². The van der Waals surface area contributed by atoms with Crippen molar-refractivity contribution in [2.45, 2.75) is 26.2 Å². The summed E-state index contributed by atoms with van der Waals surface area (Å²) in [5.74, 6) is 8.10. The van der Waals surface area contributed by atoms with Gasteiger partial charge in [-0.25, -0.2) is 10.9 Å². The molecule has 2 N–H and O–H groups in total. The van der Waals surface area contributed by atoms with E-state index >= 15 is 0 Å². The molecule has 1 amide bonds. The number of benzene rings is 1. The van der Waals surface area contributed by atoms with Crippen molar-refractivity contribution in [3.05, 3.63) is 36.5 Å². The van der Waals surface area contributed by atoms with Gasteiger partial charge in [-0.2, -0.15) is 0 Å². The molecule has 3 saturated carbocycles. The van der Waals surface area contributed by atoms with Crippen molar-refractivity contribution in [2.75, 3.05) is 5.01 Å². The zero-order chi connectivity index (χ0) is 15.3. The Bertz CT molecular complexity index is 722. The first-order chi connectivity index (χ1) is 10.7. The highest BCUT2D eigenvalue weighted by molar-refractivity contribution is 6.03. The Kier molecular flexibility index (Phi) is 3.15. The lowest BCUT2D eigenvalue weighted by atomic mass is 9.53. The summed E-state index contributed by atoms with van der Waals surface area (Å²) < 4.78 is 0. The average molecular weight is 295 g/mol. The molecule has 0 spiro atoms. The molecule has 0 saturated heterocycles. The average Bonchev–Trinajstić information content (AvgIpc) is 2.53. The number of hydrogen-bond acceptors (Lipinski definition) is 3. The van der Waals surface area contributed by atoms with Crippen molar-refractivity contribution < 1.29 is 4.79 Å². The molecule has 114 valence electrons. The second-order valence-corrected chi connectivity index (χ2v) is 6.80. The molecule has 0 radical (unpaired) electrons. The number of hydrogen-bond donors (Lipinski definition) is 1. The van der Waals surface area contributed by atoms with Crippen LogP contribution < -0.4 is 10.9 Å². The Hall–Kier alpha value is -1.94. The van der Waals surface area contributed by atoms with Gasteiger partial charge in [-0.05, 0) is 54.9 Å². The molecule has 4 atom stereocenters. The molecule has 1 heterocycles. The highest BCUT2D eigenvalue weighted by Crippen LogP contribution is 2.54. The first-order valence-electron chi connectivity index (χ1n) is 8.09. The molecular weight excluding hydrogens is 274 g/mol. The monoisotopic (exact) mass is 295 g/mol. The van der Waals surface area contributed by atoms with Gasteiger partial charge in [0.2, 0.25) is 5.91 Å². The summed E-state index contributed by atoms with van der Waals surface area (Å²) in [4.78, 5) is 17.2. The lowest BCUT2D eigenvalue weighted by Gasteiger charge is -2.52. The van der Waals surface area contributed by atoms with Crippen LogP contribution in [0.15, 0.2) is 36.5 Å². The van der Waals surface area contributed by atoms with E-state index in [0.717, 1.165) is 16.6 Å². The number of fused-ring (bicyclic) bond motifs is 3. The maximum atomic E-state index is 12.9. The maximum absolute atomic E-state index is 12.9. The first kappa shape index (κ1) is 13.7. The minimum absolute atomic E-state index is 0.0733. The van der Waals surface area contributed by atoms with Gasteiger partial charge in [0, 0.05) is 17.5 Å². The molecule has 3 aliphatic carbocycles. The summed E-state index contributed by atoms with van der Waals surface area (Å²) in [5.41, 5.74) is 1.62. The van der Waals surface area contributed by atoms with Gasteiger partial charge < -0.3 is 0 Å². The Morgan fingerprint density at radius 1 is 1.27 bits per heavy atom. The van der Waals surface area contributed by atoms with Crippen LogP contribution in [0.3, 0.4) is 0 Å². The van der Waals surface area contributed by atoms with Gasteiger partial charge >= 0.3 is 0 Å². The smallest absolute Gasteiger partial charge is 0.244 e. The topological polar surface area (TPSA) is 59.2 Å². The predicted octanol–water partition coefficient (Wildman–Crippen LogP) is 3.12. The fourth-order valence-electron chi connectivity index (χ4n) is 4.33. The van der Waals surface area contributed by atoms with E-state index in [2.05, 4.69) is 11.9 Å². The quantitative estimate of drug-likeness (QED) is 0.526. The highest BCUT2D eigenvalue weighted by Gasteiger charge is 2.51. The molecule has 3 fully saturated rings. The number of amides is 1. The Morgan fingerprint density at radius 2 is 2.14 bits per heavy atom. The summed E-state index contributed by atoms with van der Waals surface area (Å²) in [6.07, 6.45) is 5.37. The number of nitrogens with zero attached hydrogens (tertiary/aromatic N) is 2. The Morgan fingerprint density at radius 3 is 2.91 bits per heavy atom. The van der Waals surface area contributed by atoms with E-state index in [4.69, 9.17) is 5.84 Å². The van der Waals surface area contributed by atoms with Crippen molar-refractivity contribution in [3.63, 3.8) is 0 Å². The van der Waals surface area contributed by atoms with Crippen LogP contribution in [0.4, 0.5) is 5.69 Å². The summed E-state index contributed by atoms with van der Waals surface area (Å²) in [6.45, 7) is 2.27. The number of nitrogens with two attached hydrogens (primary N) is 1. The first-order valence-corrected chi connectivity index (χ1v) is 8.09. The van der Waals surface area contributed by atoms with E-state index in [1.54, 1.807) is 6.20 Å². The van der Waals surface area contributed by atoms with E-state index in [9.17, 15) is 4.79 Å². The van der Waals surface area contributed by atoms with E-state index in [-0.39, 0.29) is 11.8 Å². The highest BCUT2D eigenvalue weighted by atomic mass is 16.2. The van der Waals surface area contributed by atoms with E-state index in [1.807, 2.05) is 30.3 Å². The van der Waals surface area contributed by atoms with Gasteiger partial charge in [-0.1, -0.05) is 19.4 Å². The fraction of sp³-hybridized carbons (Fsp3) is 0.444. The minimum atomic E-state index is 0.0733. The van der Waals surface area contributed by atoms with Crippen molar-refractivity contribution in [2.24, 2.45) is 29.5 Å². The third kappa shape index (κ3) is 1.94. The molecule has 3 aliphatic rings. The molecule has 0 aliphatic heterocycles. The van der Waals surface area contributed by atoms with E-state index < -0.39 is 0 Å². The number of rotatable bonds is 2. The van der Waals surface area contributed by atoms with Crippen molar-refractivity contribution in [1.82, 2.24) is 4.98 Å². The fourth-order valence-corrected chi connectivity index (χ4v) is 4.33. The standard InChI is InChI=1S/C18H21N3O/c1-11-7-8-12-10-14(11)17(12)18(22)21(19)16-6-2-5-15-13(16)4-3-9-20-15/h2-6,9,11-12,14,17H,7-8,10,19H2,1H3. The molecule has 1 aromatic heterocycles. The summed E-state index contributed by atoms with van der Waals surface area (Å²) >= 11 is 0. The van der Waals surface area contributed by atoms with Crippen molar-refractivity contribution in [1.29, 1.82) is 0 Å². The van der Waals surface area contributed by atoms with Crippen LogP contribution in [0.2, 0.25) is 0 Å². The number of hydrazine groups is 1.